The molecule has 22 heavy (non-hydrogen) atoms. The molecule has 0 N–H and O–H groups in total. The Balaban J connectivity index is 1.95. The van der Waals surface area contributed by atoms with Crippen molar-refractivity contribution < 1.29 is 9.53 Å². The molecule has 124 valence electrons. The number of ether oxygens (including phenoxy) is 1. The number of hydrogen-bond acceptors (Lipinski definition) is 2. The minimum absolute atomic E-state index is 0.0536. The van der Waals surface area contributed by atoms with Crippen molar-refractivity contribution >= 4 is 12.7 Å². The van der Waals surface area contributed by atoms with E-state index in [0.717, 1.165) is 6.42 Å². The van der Waals surface area contributed by atoms with Gasteiger partial charge in [-0.3, -0.25) is 4.79 Å². The van der Waals surface area contributed by atoms with Crippen LogP contribution in [0.4, 0.5) is 0 Å². The van der Waals surface area contributed by atoms with Gasteiger partial charge in [-0.1, -0.05) is 46.4 Å². The standard InChI is InChI=1S/C19H33BO2/c1-17(2,3)22-16(21)11-14-8-9-15(10-14)20-12-18(4,5)19(6,7)13-20/h10,14H,8-9,11-13H2,1-7H3. The predicted molar refractivity (Wildman–Crippen MR) is 94.2 cm³/mol. The van der Waals surface area contributed by atoms with E-state index in [2.05, 4.69) is 33.8 Å². The van der Waals surface area contributed by atoms with E-state index in [-0.39, 0.29) is 11.6 Å². The van der Waals surface area contributed by atoms with Crippen LogP contribution in [0.15, 0.2) is 11.5 Å². The first kappa shape index (κ1) is 17.6. The molecule has 2 nitrogen and oxygen atoms in total. The van der Waals surface area contributed by atoms with Crippen molar-refractivity contribution in [3.8, 4) is 0 Å². The Hall–Kier alpha value is -0.725. The zero-order valence-corrected chi connectivity index (χ0v) is 15.6. The molecule has 0 radical (unpaired) electrons. The van der Waals surface area contributed by atoms with Crippen molar-refractivity contribution in [2.45, 2.75) is 86.0 Å². The number of carbonyl (C=O) groups excluding carboxylic acids is 1. The number of esters is 1. The second kappa shape index (κ2) is 5.72. The lowest BCUT2D eigenvalue weighted by Gasteiger charge is -2.35. The van der Waals surface area contributed by atoms with Crippen molar-refractivity contribution in [1.29, 1.82) is 0 Å². The normalized spacial score (nSPS) is 27.0. The average Bonchev–Trinajstić information content (AvgIpc) is 2.79. The molecule has 0 aromatic carbocycles. The number of carbonyl (C=O) groups is 1. The van der Waals surface area contributed by atoms with Crippen LogP contribution in [-0.4, -0.2) is 18.3 Å². The predicted octanol–water partition coefficient (Wildman–Crippen LogP) is 5.15. The van der Waals surface area contributed by atoms with Crippen molar-refractivity contribution in [2.24, 2.45) is 16.7 Å². The molecule has 3 heteroatoms. The molecule has 0 aromatic rings. The first-order valence-corrected chi connectivity index (χ1v) is 8.82. The Kier molecular flexibility index (Phi) is 4.59. The van der Waals surface area contributed by atoms with E-state index >= 15 is 0 Å². The van der Waals surface area contributed by atoms with E-state index in [1.165, 1.54) is 19.1 Å². The Labute approximate surface area is 137 Å². The lowest BCUT2D eigenvalue weighted by molar-refractivity contribution is -0.155. The highest BCUT2D eigenvalue weighted by molar-refractivity contribution is 6.68. The molecule has 0 aromatic heterocycles. The van der Waals surface area contributed by atoms with Gasteiger partial charge in [0, 0.05) is 0 Å². The summed E-state index contributed by atoms with van der Waals surface area (Å²) in [5.41, 5.74) is 2.04. The SMILES string of the molecule is CC(C)(C)OC(=O)CC1C=C(B2CC(C)(C)C(C)(C)C2)CC1. The highest BCUT2D eigenvalue weighted by Crippen LogP contribution is 2.55. The van der Waals surface area contributed by atoms with Crippen molar-refractivity contribution in [2.75, 3.05) is 0 Å². The van der Waals surface area contributed by atoms with Gasteiger partial charge in [-0.25, -0.2) is 0 Å². The van der Waals surface area contributed by atoms with Gasteiger partial charge in [0.15, 0.2) is 6.71 Å². The van der Waals surface area contributed by atoms with Crippen LogP contribution in [0.3, 0.4) is 0 Å². The second-order valence-corrected chi connectivity index (χ2v) is 9.70. The number of allylic oxidation sites excluding steroid dienone is 2. The average molecular weight is 304 g/mol. The van der Waals surface area contributed by atoms with Gasteiger partial charge in [-0.15, -0.1) is 5.47 Å². The minimum Gasteiger partial charge on any atom is -0.460 e. The Bertz CT molecular complexity index is 452. The maximum Gasteiger partial charge on any atom is 0.306 e. The quantitative estimate of drug-likeness (QED) is 0.532. The minimum atomic E-state index is -0.373. The Morgan fingerprint density at radius 1 is 1.23 bits per heavy atom. The van der Waals surface area contributed by atoms with Gasteiger partial charge in [0.2, 0.25) is 0 Å². The topological polar surface area (TPSA) is 26.3 Å². The molecule has 1 heterocycles. The van der Waals surface area contributed by atoms with Crippen molar-refractivity contribution in [1.82, 2.24) is 0 Å². The molecule has 1 fully saturated rings. The van der Waals surface area contributed by atoms with Crippen LogP contribution < -0.4 is 0 Å². The van der Waals surface area contributed by atoms with E-state index in [1.54, 1.807) is 5.47 Å². The van der Waals surface area contributed by atoms with Crippen LogP contribution in [0, 0.1) is 16.7 Å². The third-order valence-corrected chi connectivity index (χ3v) is 5.97. The molecular weight excluding hydrogens is 271 g/mol. The zero-order chi connectivity index (χ0) is 16.8. The molecule has 0 amide bonds. The molecule has 1 saturated heterocycles. The van der Waals surface area contributed by atoms with Crippen LogP contribution in [0.5, 0.6) is 0 Å². The summed E-state index contributed by atoms with van der Waals surface area (Å²) >= 11 is 0. The van der Waals surface area contributed by atoms with Gasteiger partial charge >= 0.3 is 5.97 Å². The summed E-state index contributed by atoms with van der Waals surface area (Å²) < 4.78 is 5.46. The molecule has 1 unspecified atom stereocenters. The fourth-order valence-corrected chi connectivity index (χ4v) is 4.04. The maximum absolute atomic E-state index is 12.0. The maximum atomic E-state index is 12.0. The fourth-order valence-electron chi connectivity index (χ4n) is 4.04. The third-order valence-electron chi connectivity index (χ3n) is 5.97. The van der Waals surface area contributed by atoms with Crippen LogP contribution in [0.1, 0.15) is 67.7 Å². The van der Waals surface area contributed by atoms with Gasteiger partial charge in [0.05, 0.1) is 6.42 Å². The van der Waals surface area contributed by atoms with E-state index in [1.807, 2.05) is 20.8 Å². The molecule has 1 aliphatic heterocycles. The summed E-state index contributed by atoms with van der Waals surface area (Å²) in [6.45, 7) is 16.1. The largest absolute Gasteiger partial charge is 0.460 e. The summed E-state index contributed by atoms with van der Waals surface area (Å²) in [5, 5.41) is 0. The fraction of sp³-hybridized carbons (Fsp3) is 0.842. The Morgan fingerprint density at radius 3 is 2.27 bits per heavy atom. The Morgan fingerprint density at radius 2 is 1.77 bits per heavy atom. The van der Waals surface area contributed by atoms with Crippen LogP contribution in [-0.2, 0) is 9.53 Å². The van der Waals surface area contributed by atoms with Crippen molar-refractivity contribution in [3.05, 3.63) is 11.5 Å². The molecule has 0 spiro atoms. The van der Waals surface area contributed by atoms with Gasteiger partial charge in [-0.2, -0.15) is 0 Å². The number of hydrogen-bond donors (Lipinski definition) is 0. The number of rotatable bonds is 3. The van der Waals surface area contributed by atoms with Crippen molar-refractivity contribution in [3.63, 3.8) is 0 Å². The van der Waals surface area contributed by atoms with Crippen LogP contribution >= 0.6 is 0 Å². The van der Waals surface area contributed by atoms with Gasteiger partial charge in [0.1, 0.15) is 5.60 Å². The summed E-state index contributed by atoms with van der Waals surface area (Å²) in [6, 6.07) is 0. The summed E-state index contributed by atoms with van der Waals surface area (Å²) in [6.07, 6.45) is 7.79. The molecule has 0 bridgehead atoms. The first-order chi connectivity index (χ1) is 9.90. The molecule has 1 aliphatic carbocycles. The second-order valence-electron chi connectivity index (χ2n) is 9.70. The van der Waals surface area contributed by atoms with Crippen LogP contribution in [0.2, 0.25) is 12.6 Å². The smallest absolute Gasteiger partial charge is 0.306 e. The van der Waals surface area contributed by atoms with Crippen LogP contribution in [0.25, 0.3) is 0 Å². The lowest BCUT2D eigenvalue weighted by Crippen LogP contribution is -2.24. The van der Waals surface area contributed by atoms with E-state index in [0.29, 0.717) is 29.9 Å². The molecule has 1 atom stereocenters. The summed E-state index contributed by atoms with van der Waals surface area (Å²) in [7, 11) is 0. The van der Waals surface area contributed by atoms with Gasteiger partial charge < -0.3 is 4.74 Å². The highest BCUT2D eigenvalue weighted by Gasteiger charge is 2.49. The third kappa shape index (κ3) is 3.97. The zero-order valence-electron chi connectivity index (χ0n) is 15.6. The lowest BCUT2D eigenvalue weighted by atomic mass is 9.41. The van der Waals surface area contributed by atoms with Gasteiger partial charge in [0.25, 0.3) is 0 Å². The molecule has 2 rings (SSSR count). The summed E-state index contributed by atoms with van der Waals surface area (Å²) in [5.74, 6) is 0.332. The summed E-state index contributed by atoms with van der Waals surface area (Å²) in [4.78, 5) is 12.0. The highest BCUT2D eigenvalue weighted by atomic mass is 16.6. The monoisotopic (exact) mass is 304 g/mol. The molecule has 2 aliphatic rings. The first-order valence-electron chi connectivity index (χ1n) is 8.82. The molecular formula is C19H33BO2. The van der Waals surface area contributed by atoms with E-state index < -0.39 is 0 Å². The van der Waals surface area contributed by atoms with E-state index in [4.69, 9.17) is 4.74 Å². The molecule has 0 saturated carbocycles. The van der Waals surface area contributed by atoms with Gasteiger partial charge in [-0.05, 0) is 50.4 Å². The van der Waals surface area contributed by atoms with E-state index in [9.17, 15) is 4.79 Å².